The van der Waals surface area contributed by atoms with Crippen molar-refractivity contribution in [1.29, 1.82) is 0 Å². The second-order valence-corrected chi connectivity index (χ2v) is 7.93. The highest BCUT2D eigenvalue weighted by Gasteiger charge is 2.35. The average molecular weight is 314 g/mol. The maximum Gasteiger partial charge on any atom is 0.150 e. The molecule has 2 heterocycles. The van der Waals surface area contributed by atoms with Gasteiger partial charge in [-0.3, -0.25) is 0 Å². The molecule has 0 radical (unpaired) electrons. The molecule has 3 rings (SSSR count). The van der Waals surface area contributed by atoms with Gasteiger partial charge in [-0.1, -0.05) is 11.6 Å². The van der Waals surface area contributed by atoms with Crippen LogP contribution >= 0.6 is 11.6 Å². The lowest BCUT2D eigenvalue weighted by atomic mass is 9.97. The molecule has 2 unspecified atom stereocenters. The fourth-order valence-electron chi connectivity index (χ4n) is 2.88. The normalized spacial score (nSPS) is 23.2. The summed E-state index contributed by atoms with van der Waals surface area (Å²) >= 11 is 5.97. The Bertz CT molecular complexity index is 738. The molecule has 108 valence electrons. The summed E-state index contributed by atoms with van der Waals surface area (Å²) in [6.07, 6.45) is 0.672. The van der Waals surface area contributed by atoms with Gasteiger partial charge in [0.2, 0.25) is 0 Å². The number of benzene rings is 1. The molecular weight excluding hydrogens is 298 g/mol. The number of hydrogen-bond acceptors (Lipinski definition) is 4. The van der Waals surface area contributed by atoms with E-state index < -0.39 is 9.84 Å². The third kappa shape index (κ3) is 2.57. The number of rotatable bonds is 3. The Hall–Kier alpha value is -1.04. The van der Waals surface area contributed by atoms with Gasteiger partial charge in [-0.2, -0.15) is 0 Å². The molecule has 1 aromatic heterocycles. The summed E-state index contributed by atoms with van der Waals surface area (Å²) in [7, 11) is -1.07. The molecule has 1 aromatic carbocycles. The van der Waals surface area contributed by atoms with E-state index in [9.17, 15) is 8.42 Å². The van der Waals surface area contributed by atoms with Crippen molar-refractivity contribution in [2.24, 2.45) is 5.92 Å². The first-order valence-corrected chi connectivity index (χ1v) is 8.75. The molecule has 1 aliphatic heterocycles. The summed E-state index contributed by atoms with van der Waals surface area (Å²) in [4.78, 5) is 0. The highest BCUT2D eigenvalue weighted by Crippen LogP contribution is 2.34. The molecule has 6 heteroatoms. The highest BCUT2D eigenvalue weighted by atomic mass is 35.5. The highest BCUT2D eigenvalue weighted by molar-refractivity contribution is 7.91. The number of furan rings is 1. The smallest absolute Gasteiger partial charge is 0.150 e. The molecule has 1 fully saturated rings. The molecule has 0 aliphatic carbocycles. The minimum absolute atomic E-state index is 0.0565. The molecule has 4 nitrogen and oxygen atoms in total. The third-order valence-electron chi connectivity index (χ3n) is 3.85. The molecule has 2 atom stereocenters. The quantitative estimate of drug-likeness (QED) is 0.946. The zero-order valence-corrected chi connectivity index (χ0v) is 12.7. The first-order chi connectivity index (χ1) is 9.48. The zero-order chi connectivity index (χ0) is 14.3. The Balaban J connectivity index is 1.95. The summed E-state index contributed by atoms with van der Waals surface area (Å²) in [6, 6.07) is 7.32. The Morgan fingerprint density at radius 3 is 2.85 bits per heavy atom. The lowest BCUT2D eigenvalue weighted by Gasteiger charge is -2.19. The second kappa shape index (κ2) is 5.06. The van der Waals surface area contributed by atoms with Gasteiger partial charge < -0.3 is 9.73 Å². The first kappa shape index (κ1) is 13.9. The summed E-state index contributed by atoms with van der Waals surface area (Å²) in [5.41, 5.74) is 0.769. The van der Waals surface area contributed by atoms with Crippen LogP contribution in [0.2, 0.25) is 5.02 Å². The number of hydrogen-bond donors (Lipinski definition) is 1. The van der Waals surface area contributed by atoms with Crippen LogP contribution in [0, 0.1) is 5.92 Å². The third-order valence-corrected chi connectivity index (χ3v) is 5.88. The van der Waals surface area contributed by atoms with Crippen LogP contribution in [-0.4, -0.2) is 27.0 Å². The number of sulfone groups is 1. The van der Waals surface area contributed by atoms with Crippen LogP contribution < -0.4 is 5.32 Å². The van der Waals surface area contributed by atoms with Crippen molar-refractivity contribution in [2.75, 3.05) is 18.6 Å². The lowest BCUT2D eigenvalue weighted by Crippen LogP contribution is -2.25. The molecule has 0 spiro atoms. The van der Waals surface area contributed by atoms with E-state index in [0.717, 1.165) is 16.7 Å². The van der Waals surface area contributed by atoms with Gasteiger partial charge in [0.25, 0.3) is 0 Å². The Morgan fingerprint density at radius 1 is 1.40 bits per heavy atom. The van der Waals surface area contributed by atoms with Crippen molar-refractivity contribution in [2.45, 2.75) is 12.5 Å². The van der Waals surface area contributed by atoms with E-state index in [0.29, 0.717) is 11.4 Å². The maximum absolute atomic E-state index is 11.6. The van der Waals surface area contributed by atoms with E-state index in [1.807, 2.05) is 25.2 Å². The monoisotopic (exact) mass is 313 g/mol. The molecule has 1 aliphatic rings. The molecule has 20 heavy (non-hydrogen) atoms. The van der Waals surface area contributed by atoms with E-state index in [1.165, 1.54) is 0 Å². The van der Waals surface area contributed by atoms with Crippen LogP contribution in [0.25, 0.3) is 11.0 Å². The molecule has 0 amide bonds. The summed E-state index contributed by atoms with van der Waals surface area (Å²) < 4.78 is 29.1. The van der Waals surface area contributed by atoms with Crippen LogP contribution in [0.15, 0.2) is 28.7 Å². The summed E-state index contributed by atoms with van der Waals surface area (Å²) in [5.74, 6) is 1.31. The van der Waals surface area contributed by atoms with Gasteiger partial charge in [0, 0.05) is 10.4 Å². The van der Waals surface area contributed by atoms with Crippen molar-refractivity contribution in [3.05, 3.63) is 35.0 Å². The van der Waals surface area contributed by atoms with E-state index >= 15 is 0 Å². The minimum atomic E-state index is -2.90. The van der Waals surface area contributed by atoms with Crippen LogP contribution in [0.3, 0.4) is 0 Å². The predicted molar refractivity (Wildman–Crippen MR) is 79.8 cm³/mol. The maximum atomic E-state index is 11.6. The molecule has 1 N–H and O–H groups in total. The first-order valence-electron chi connectivity index (χ1n) is 6.55. The number of halogens is 1. The van der Waals surface area contributed by atoms with Gasteiger partial charge in [0.15, 0.2) is 9.84 Å². The van der Waals surface area contributed by atoms with Crippen molar-refractivity contribution in [1.82, 2.24) is 5.32 Å². The van der Waals surface area contributed by atoms with E-state index in [-0.39, 0.29) is 23.5 Å². The summed E-state index contributed by atoms with van der Waals surface area (Å²) in [6.45, 7) is 0. The van der Waals surface area contributed by atoms with E-state index in [2.05, 4.69) is 5.32 Å². The Labute approximate surface area is 123 Å². The van der Waals surface area contributed by atoms with Crippen LogP contribution in [0.5, 0.6) is 0 Å². The van der Waals surface area contributed by atoms with E-state index in [1.54, 1.807) is 6.07 Å². The van der Waals surface area contributed by atoms with Crippen molar-refractivity contribution in [3.8, 4) is 0 Å². The van der Waals surface area contributed by atoms with Gasteiger partial charge in [-0.25, -0.2) is 8.42 Å². The van der Waals surface area contributed by atoms with Crippen molar-refractivity contribution < 1.29 is 12.8 Å². The van der Waals surface area contributed by atoms with Gasteiger partial charge in [0.1, 0.15) is 11.3 Å². The topological polar surface area (TPSA) is 59.3 Å². The molecule has 2 aromatic rings. The molecular formula is C14H16ClNO3S. The van der Waals surface area contributed by atoms with Crippen LogP contribution in [0.1, 0.15) is 18.2 Å². The molecule has 1 saturated heterocycles. The average Bonchev–Trinajstić information content (AvgIpc) is 2.93. The SMILES string of the molecule is CNC(c1cc2cc(Cl)ccc2o1)C1CCS(=O)(=O)C1. The second-order valence-electron chi connectivity index (χ2n) is 5.26. The van der Waals surface area contributed by atoms with Crippen molar-refractivity contribution >= 4 is 32.4 Å². The number of nitrogens with one attached hydrogen (secondary N) is 1. The molecule has 0 saturated carbocycles. The zero-order valence-electron chi connectivity index (χ0n) is 11.1. The lowest BCUT2D eigenvalue weighted by molar-refractivity contribution is 0.356. The fourth-order valence-corrected chi connectivity index (χ4v) is 4.91. The van der Waals surface area contributed by atoms with Gasteiger partial charge in [-0.15, -0.1) is 0 Å². The van der Waals surface area contributed by atoms with Gasteiger partial charge in [0.05, 0.1) is 17.5 Å². The minimum Gasteiger partial charge on any atom is -0.459 e. The van der Waals surface area contributed by atoms with Crippen LogP contribution in [0.4, 0.5) is 0 Å². The van der Waals surface area contributed by atoms with Gasteiger partial charge >= 0.3 is 0 Å². The standard InChI is InChI=1S/C14H16ClNO3S/c1-16-14(9-4-5-20(17,18)8-9)13-7-10-6-11(15)2-3-12(10)19-13/h2-3,6-7,9,14,16H,4-5,8H2,1H3. The van der Waals surface area contributed by atoms with Crippen LogP contribution in [-0.2, 0) is 9.84 Å². The van der Waals surface area contributed by atoms with Crippen molar-refractivity contribution in [3.63, 3.8) is 0 Å². The Kier molecular flexibility index (Phi) is 3.52. The summed E-state index contributed by atoms with van der Waals surface area (Å²) in [5, 5.41) is 4.78. The predicted octanol–water partition coefficient (Wildman–Crippen LogP) is 2.78. The fraction of sp³-hybridized carbons (Fsp3) is 0.429. The molecule has 0 bridgehead atoms. The van der Waals surface area contributed by atoms with E-state index in [4.69, 9.17) is 16.0 Å². The number of fused-ring (bicyclic) bond motifs is 1. The van der Waals surface area contributed by atoms with Gasteiger partial charge in [-0.05, 0) is 43.7 Å². The largest absolute Gasteiger partial charge is 0.459 e. The Morgan fingerprint density at radius 2 is 2.20 bits per heavy atom.